The number of ether oxygens (including phenoxy) is 2. The molecule has 9 nitrogen and oxygen atoms in total. The topological polar surface area (TPSA) is 116 Å². The second-order valence-electron chi connectivity index (χ2n) is 5.52. The largest absolute Gasteiger partial charge is 0.493 e. The van der Waals surface area contributed by atoms with Crippen molar-refractivity contribution < 1.29 is 19.2 Å². The van der Waals surface area contributed by atoms with Crippen LogP contribution < -0.4 is 14.8 Å². The van der Waals surface area contributed by atoms with Crippen LogP contribution in [0.15, 0.2) is 41.9 Å². The molecule has 144 valence electrons. The van der Waals surface area contributed by atoms with Crippen LogP contribution in [0.1, 0.15) is 16.1 Å². The minimum atomic E-state index is -0.640. The van der Waals surface area contributed by atoms with Gasteiger partial charge >= 0.3 is 0 Å². The zero-order chi connectivity index (χ0) is 20.1. The predicted octanol–water partition coefficient (Wildman–Crippen LogP) is 3.06. The van der Waals surface area contributed by atoms with E-state index >= 15 is 0 Å². The van der Waals surface area contributed by atoms with Crippen molar-refractivity contribution in [2.75, 3.05) is 14.2 Å². The lowest BCUT2D eigenvalue weighted by molar-refractivity contribution is -0.385. The first-order valence-electron chi connectivity index (χ1n) is 8.08. The van der Waals surface area contributed by atoms with Gasteiger partial charge in [0.05, 0.1) is 43.1 Å². The van der Waals surface area contributed by atoms with Gasteiger partial charge in [-0.15, -0.1) is 11.3 Å². The Morgan fingerprint density at radius 2 is 2.00 bits per heavy atom. The summed E-state index contributed by atoms with van der Waals surface area (Å²) in [6.45, 7) is 0.119. The average Bonchev–Trinajstić information content (AvgIpc) is 3.20. The molecular weight excluding hydrogens is 384 g/mol. The molecule has 0 radical (unpaired) electrons. The van der Waals surface area contributed by atoms with Crippen LogP contribution in [-0.2, 0) is 6.54 Å². The molecule has 3 rings (SSSR count). The number of carbonyl (C=O) groups is 1. The molecule has 2 heterocycles. The van der Waals surface area contributed by atoms with E-state index < -0.39 is 10.8 Å². The van der Waals surface area contributed by atoms with Crippen LogP contribution >= 0.6 is 11.3 Å². The lowest BCUT2D eigenvalue weighted by atomic mass is 10.1. The molecule has 0 aliphatic carbocycles. The molecule has 0 aliphatic rings. The SMILES string of the molecule is COc1cc(C(=O)NCc2csc(-c3ccccn3)n2)c([N+](=O)[O-])cc1OC. The van der Waals surface area contributed by atoms with Gasteiger partial charge in [0.15, 0.2) is 11.5 Å². The smallest absolute Gasteiger partial charge is 0.286 e. The van der Waals surface area contributed by atoms with E-state index in [1.807, 2.05) is 18.2 Å². The van der Waals surface area contributed by atoms with Crippen molar-refractivity contribution in [3.8, 4) is 22.2 Å². The van der Waals surface area contributed by atoms with Gasteiger partial charge in [-0.2, -0.15) is 0 Å². The van der Waals surface area contributed by atoms with Crippen molar-refractivity contribution in [2.24, 2.45) is 0 Å². The molecule has 0 fully saturated rings. The highest BCUT2D eigenvalue weighted by Gasteiger charge is 2.24. The fourth-order valence-electron chi connectivity index (χ4n) is 2.46. The number of nitro groups is 1. The maximum absolute atomic E-state index is 12.5. The third-order valence-electron chi connectivity index (χ3n) is 3.81. The number of aromatic nitrogens is 2. The third-order valence-corrected chi connectivity index (χ3v) is 4.72. The lowest BCUT2D eigenvalue weighted by Gasteiger charge is -2.10. The van der Waals surface area contributed by atoms with Crippen molar-refractivity contribution in [3.05, 3.63) is 63.3 Å². The Balaban J connectivity index is 1.78. The first-order chi connectivity index (χ1) is 13.5. The van der Waals surface area contributed by atoms with E-state index in [1.54, 1.807) is 11.6 Å². The zero-order valence-corrected chi connectivity index (χ0v) is 15.9. The van der Waals surface area contributed by atoms with E-state index in [9.17, 15) is 14.9 Å². The summed E-state index contributed by atoms with van der Waals surface area (Å²) in [7, 11) is 2.75. The number of nitrogens with zero attached hydrogens (tertiary/aromatic N) is 3. The minimum Gasteiger partial charge on any atom is -0.493 e. The van der Waals surface area contributed by atoms with Gasteiger partial charge in [0, 0.05) is 17.6 Å². The van der Waals surface area contributed by atoms with Crippen molar-refractivity contribution in [1.29, 1.82) is 0 Å². The number of nitrogens with one attached hydrogen (secondary N) is 1. The van der Waals surface area contributed by atoms with Gasteiger partial charge in [0.2, 0.25) is 0 Å². The molecule has 1 amide bonds. The summed E-state index contributed by atoms with van der Waals surface area (Å²) in [5.74, 6) is -0.213. The minimum absolute atomic E-state index is 0.119. The van der Waals surface area contributed by atoms with E-state index in [0.717, 1.165) is 16.8 Å². The Morgan fingerprint density at radius 3 is 2.64 bits per heavy atom. The van der Waals surface area contributed by atoms with Gasteiger partial charge < -0.3 is 14.8 Å². The molecule has 0 saturated heterocycles. The Morgan fingerprint density at radius 1 is 1.25 bits per heavy atom. The summed E-state index contributed by atoms with van der Waals surface area (Å²) in [6.07, 6.45) is 1.67. The molecule has 28 heavy (non-hydrogen) atoms. The predicted molar refractivity (Wildman–Crippen MR) is 103 cm³/mol. The highest BCUT2D eigenvalue weighted by atomic mass is 32.1. The molecule has 0 spiro atoms. The normalized spacial score (nSPS) is 10.4. The monoisotopic (exact) mass is 400 g/mol. The van der Waals surface area contributed by atoms with Gasteiger partial charge in [-0.3, -0.25) is 19.9 Å². The summed E-state index contributed by atoms with van der Waals surface area (Å²) in [6, 6.07) is 7.96. The highest BCUT2D eigenvalue weighted by Crippen LogP contribution is 2.34. The Kier molecular flexibility index (Phi) is 5.80. The number of benzene rings is 1. The average molecular weight is 400 g/mol. The van der Waals surface area contributed by atoms with Crippen LogP contribution in [0, 0.1) is 10.1 Å². The maximum Gasteiger partial charge on any atom is 0.286 e. The summed E-state index contributed by atoms with van der Waals surface area (Å²) in [5, 5.41) is 16.5. The number of amides is 1. The lowest BCUT2D eigenvalue weighted by Crippen LogP contribution is -2.24. The van der Waals surface area contributed by atoms with Crippen LogP contribution in [0.4, 0.5) is 5.69 Å². The molecular formula is C18H16N4O5S. The summed E-state index contributed by atoms with van der Waals surface area (Å²) >= 11 is 1.40. The van der Waals surface area contributed by atoms with Crippen LogP contribution in [0.25, 0.3) is 10.7 Å². The van der Waals surface area contributed by atoms with Gasteiger partial charge in [-0.05, 0) is 12.1 Å². The number of hydrogen-bond donors (Lipinski definition) is 1. The molecule has 0 atom stereocenters. The van der Waals surface area contributed by atoms with Crippen LogP contribution in [0.5, 0.6) is 11.5 Å². The number of methoxy groups -OCH3 is 2. The molecule has 2 aromatic heterocycles. The summed E-state index contributed by atoms with van der Waals surface area (Å²) in [5.41, 5.74) is 0.869. The van der Waals surface area contributed by atoms with E-state index in [1.165, 1.54) is 31.6 Å². The molecule has 10 heteroatoms. The summed E-state index contributed by atoms with van der Waals surface area (Å²) in [4.78, 5) is 31.9. The number of rotatable bonds is 7. The van der Waals surface area contributed by atoms with Crippen molar-refractivity contribution >= 4 is 22.9 Å². The molecule has 0 aliphatic heterocycles. The number of carbonyl (C=O) groups excluding carboxylic acids is 1. The summed E-state index contributed by atoms with van der Waals surface area (Å²) < 4.78 is 10.2. The van der Waals surface area contributed by atoms with E-state index in [4.69, 9.17) is 9.47 Å². The second-order valence-corrected chi connectivity index (χ2v) is 6.38. The number of nitro benzene ring substituents is 1. The van der Waals surface area contributed by atoms with Gasteiger partial charge in [0.25, 0.3) is 11.6 Å². The van der Waals surface area contributed by atoms with Crippen LogP contribution in [-0.4, -0.2) is 35.0 Å². The van der Waals surface area contributed by atoms with Crippen molar-refractivity contribution in [1.82, 2.24) is 15.3 Å². The Bertz CT molecular complexity index is 1010. The maximum atomic E-state index is 12.5. The molecule has 0 bridgehead atoms. The van der Waals surface area contributed by atoms with Gasteiger partial charge in [-0.25, -0.2) is 4.98 Å². The molecule has 3 aromatic rings. The molecule has 0 unspecified atom stereocenters. The first kappa shape index (κ1) is 19.2. The molecule has 1 aromatic carbocycles. The Labute approximate surface area is 164 Å². The van der Waals surface area contributed by atoms with E-state index in [0.29, 0.717) is 5.69 Å². The van der Waals surface area contributed by atoms with Crippen molar-refractivity contribution in [2.45, 2.75) is 6.54 Å². The highest BCUT2D eigenvalue weighted by molar-refractivity contribution is 7.13. The number of pyridine rings is 1. The van der Waals surface area contributed by atoms with Crippen molar-refractivity contribution in [3.63, 3.8) is 0 Å². The van der Waals surface area contributed by atoms with E-state index in [2.05, 4.69) is 15.3 Å². The van der Waals surface area contributed by atoms with Gasteiger partial charge in [0.1, 0.15) is 10.6 Å². The molecule has 0 saturated carbocycles. The fraction of sp³-hybridized carbons (Fsp3) is 0.167. The quantitative estimate of drug-likeness (QED) is 0.478. The zero-order valence-electron chi connectivity index (χ0n) is 15.0. The van der Waals surface area contributed by atoms with Crippen LogP contribution in [0.3, 0.4) is 0 Å². The van der Waals surface area contributed by atoms with Gasteiger partial charge in [-0.1, -0.05) is 6.07 Å². The number of hydrogen-bond acceptors (Lipinski definition) is 8. The molecule has 1 N–H and O–H groups in total. The second kappa shape index (κ2) is 8.44. The van der Waals surface area contributed by atoms with Crippen LogP contribution in [0.2, 0.25) is 0 Å². The Hall–Kier alpha value is -3.53. The third kappa shape index (κ3) is 4.07. The van der Waals surface area contributed by atoms with E-state index in [-0.39, 0.29) is 29.3 Å². The first-order valence-corrected chi connectivity index (χ1v) is 8.96. The number of thiazole rings is 1. The fourth-order valence-corrected chi connectivity index (χ4v) is 3.26. The standard InChI is InChI=1S/C18H16N4O5S/c1-26-15-7-12(14(22(24)25)8-16(15)27-2)17(23)20-9-11-10-28-18(21-11)13-5-3-4-6-19-13/h3-8,10H,9H2,1-2H3,(H,20,23).